The summed E-state index contributed by atoms with van der Waals surface area (Å²) in [7, 11) is 3.35. The zero-order valence-electron chi connectivity index (χ0n) is 9.50. The topological polar surface area (TPSA) is 70.2 Å². The van der Waals surface area contributed by atoms with Crippen LogP contribution in [0.4, 0.5) is 10.5 Å². The summed E-state index contributed by atoms with van der Waals surface area (Å²) in [6.45, 7) is 0.981. The Hall–Kier alpha value is -1.27. The number of nitrogens with zero attached hydrogens (tertiary/aromatic N) is 3. The van der Waals surface area contributed by atoms with E-state index in [1.807, 2.05) is 0 Å². The van der Waals surface area contributed by atoms with Gasteiger partial charge in [0.1, 0.15) is 0 Å². The number of rotatable bonds is 4. The van der Waals surface area contributed by atoms with Crippen molar-refractivity contribution in [3.05, 3.63) is 16.4 Å². The third-order valence-corrected chi connectivity index (χ3v) is 2.31. The highest BCUT2D eigenvalue weighted by Gasteiger charge is 2.04. The minimum absolute atomic E-state index is 0.149. The Morgan fingerprint density at radius 1 is 1.35 bits per heavy atom. The smallest absolute Gasteiger partial charge is 0.316 e. The van der Waals surface area contributed by atoms with E-state index >= 15 is 0 Å². The lowest BCUT2D eigenvalue weighted by Crippen LogP contribution is -2.37. The summed E-state index contributed by atoms with van der Waals surface area (Å²) in [4.78, 5) is 12.6. The third-order valence-electron chi connectivity index (χ3n) is 1.84. The lowest BCUT2D eigenvalue weighted by atomic mass is 10.4. The first-order valence-electron chi connectivity index (χ1n) is 4.88. The van der Waals surface area contributed by atoms with E-state index in [1.165, 1.54) is 4.90 Å². The molecule has 0 spiro atoms. The Morgan fingerprint density at radius 2 is 2.06 bits per heavy atom. The number of anilines is 1. The highest BCUT2D eigenvalue weighted by Crippen LogP contribution is 2.20. The van der Waals surface area contributed by atoms with Crippen molar-refractivity contribution in [2.75, 3.05) is 32.5 Å². The van der Waals surface area contributed by atoms with Gasteiger partial charge >= 0.3 is 6.03 Å². The maximum absolute atomic E-state index is 11.2. The molecule has 0 fully saturated rings. The van der Waals surface area contributed by atoms with Crippen LogP contribution < -0.4 is 10.6 Å². The lowest BCUT2D eigenvalue weighted by molar-refractivity contribution is 0.218. The van der Waals surface area contributed by atoms with Crippen LogP contribution in [0.15, 0.2) is 6.07 Å². The van der Waals surface area contributed by atoms with Crippen LogP contribution >= 0.6 is 23.2 Å². The molecule has 6 nitrogen and oxygen atoms in total. The second kappa shape index (κ2) is 6.46. The van der Waals surface area contributed by atoms with E-state index in [0.717, 1.165) is 0 Å². The van der Waals surface area contributed by atoms with Gasteiger partial charge in [-0.15, -0.1) is 10.2 Å². The summed E-state index contributed by atoms with van der Waals surface area (Å²) in [6.07, 6.45) is 0. The van der Waals surface area contributed by atoms with E-state index in [0.29, 0.717) is 18.8 Å². The van der Waals surface area contributed by atoms with E-state index in [2.05, 4.69) is 20.8 Å². The summed E-state index contributed by atoms with van der Waals surface area (Å²) in [5.41, 5.74) is 0.589. The molecule has 1 rings (SSSR count). The summed E-state index contributed by atoms with van der Waals surface area (Å²) in [6, 6.07) is 1.42. The number of carbonyl (C=O) groups is 1. The highest BCUT2D eigenvalue weighted by atomic mass is 35.5. The quantitative estimate of drug-likeness (QED) is 0.818. The number of amides is 2. The molecule has 0 saturated carbocycles. The van der Waals surface area contributed by atoms with Crippen LogP contribution in [0, 0.1) is 0 Å². The van der Waals surface area contributed by atoms with Crippen LogP contribution in [-0.2, 0) is 0 Å². The number of hydrogen-bond acceptors (Lipinski definition) is 4. The molecule has 0 unspecified atom stereocenters. The molecule has 2 N–H and O–H groups in total. The van der Waals surface area contributed by atoms with Crippen molar-refractivity contribution >= 4 is 34.9 Å². The first-order chi connectivity index (χ1) is 8.00. The molecule has 2 amide bonds. The Balaban J connectivity index is 2.36. The zero-order valence-corrected chi connectivity index (χ0v) is 11.0. The second-order valence-corrected chi connectivity index (χ2v) is 4.17. The van der Waals surface area contributed by atoms with Crippen molar-refractivity contribution in [3.8, 4) is 0 Å². The Labute approximate surface area is 109 Å². The number of urea groups is 1. The first-order valence-corrected chi connectivity index (χ1v) is 5.64. The van der Waals surface area contributed by atoms with Crippen LogP contribution in [0.3, 0.4) is 0 Å². The molecule has 1 aromatic heterocycles. The van der Waals surface area contributed by atoms with Gasteiger partial charge in [-0.3, -0.25) is 0 Å². The molecule has 0 aliphatic carbocycles. The van der Waals surface area contributed by atoms with Gasteiger partial charge in [-0.1, -0.05) is 23.2 Å². The maximum Gasteiger partial charge on any atom is 0.316 e. The molecule has 0 bridgehead atoms. The molecule has 0 radical (unpaired) electrons. The zero-order chi connectivity index (χ0) is 12.8. The minimum atomic E-state index is -0.149. The van der Waals surface area contributed by atoms with Crippen molar-refractivity contribution in [2.45, 2.75) is 0 Å². The monoisotopic (exact) mass is 277 g/mol. The van der Waals surface area contributed by atoms with Crippen LogP contribution in [-0.4, -0.2) is 48.3 Å². The fourth-order valence-electron chi connectivity index (χ4n) is 1.00. The summed E-state index contributed by atoms with van der Waals surface area (Å²) in [5.74, 6) is 0. The largest absolute Gasteiger partial charge is 0.381 e. The van der Waals surface area contributed by atoms with Gasteiger partial charge in [0, 0.05) is 33.3 Å². The molecule has 94 valence electrons. The third kappa shape index (κ3) is 4.62. The van der Waals surface area contributed by atoms with E-state index in [-0.39, 0.29) is 16.3 Å². The molecule has 1 heterocycles. The molecule has 1 aromatic rings. The van der Waals surface area contributed by atoms with Gasteiger partial charge in [-0.05, 0) is 0 Å². The highest BCUT2D eigenvalue weighted by molar-refractivity contribution is 6.33. The van der Waals surface area contributed by atoms with Crippen molar-refractivity contribution in [2.24, 2.45) is 0 Å². The second-order valence-electron chi connectivity index (χ2n) is 3.42. The van der Waals surface area contributed by atoms with Gasteiger partial charge in [0.15, 0.2) is 10.3 Å². The fourth-order valence-corrected chi connectivity index (χ4v) is 1.31. The van der Waals surface area contributed by atoms with E-state index in [1.54, 1.807) is 20.2 Å². The van der Waals surface area contributed by atoms with Crippen LogP contribution in [0.5, 0.6) is 0 Å². The SMILES string of the molecule is CN(C)C(=O)NCCNc1cc(Cl)nnc1Cl. The van der Waals surface area contributed by atoms with Crippen molar-refractivity contribution in [1.82, 2.24) is 20.4 Å². The molecular formula is C9H13Cl2N5O. The predicted octanol–water partition coefficient (Wildman–Crippen LogP) is 1.47. The molecule has 0 atom stereocenters. The van der Waals surface area contributed by atoms with Crippen molar-refractivity contribution < 1.29 is 4.79 Å². The molecule has 0 saturated heterocycles. The molecule has 0 aliphatic rings. The van der Waals surface area contributed by atoms with Crippen LogP contribution in [0.25, 0.3) is 0 Å². The molecule has 0 aliphatic heterocycles. The Bertz CT molecular complexity index is 399. The van der Waals surface area contributed by atoms with Gasteiger partial charge < -0.3 is 15.5 Å². The van der Waals surface area contributed by atoms with Gasteiger partial charge in [0.25, 0.3) is 0 Å². The predicted molar refractivity (Wildman–Crippen MR) is 67.6 cm³/mol. The molecule has 0 aromatic carbocycles. The van der Waals surface area contributed by atoms with Crippen molar-refractivity contribution in [3.63, 3.8) is 0 Å². The maximum atomic E-state index is 11.2. The number of carbonyl (C=O) groups excluding carboxylic acids is 1. The van der Waals surface area contributed by atoms with Gasteiger partial charge in [-0.25, -0.2) is 4.79 Å². The van der Waals surface area contributed by atoms with E-state index in [9.17, 15) is 4.79 Å². The number of aromatic nitrogens is 2. The summed E-state index contributed by atoms with van der Waals surface area (Å²) < 4.78 is 0. The van der Waals surface area contributed by atoms with E-state index < -0.39 is 0 Å². The number of hydrogen-bond donors (Lipinski definition) is 2. The standard InChI is InChI=1S/C9H13Cl2N5O/c1-16(2)9(17)13-4-3-12-6-5-7(10)14-15-8(6)11/h5H,3-4H2,1-2H3,(H,12,14)(H,13,17). The average molecular weight is 278 g/mol. The number of nitrogens with one attached hydrogen (secondary N) is 2. The molecule has 8 heteroatoms. The average Bonchev–Trinajstić information content (AvgIpc) is 2.28. The van der Waals surface area contributed by atoms with Gasteiger partial charge in [0.05, 0.1) is 5.69 Å². The minimum Gasteiger partial charge on any atom is -0.381 e. The van der Waals surface area contributed by atoms with Crippen LogP contribution in [0.2, 0.25) is 10.3 Å². The normalized spacial score (nSPS) is 9.88. The summed E-state index contributed by atoms with van der Waals surface area (Å²) in [5, 5.41) is 13.4. The first kappa shape index (κ1) is 13.8. The van der Waals surface area contributed by atoms with Crippen LogP contribution in [0.1, 0.15) is 0 Å². The Kier molecular flexibility index (Phi) is 5.24. The number of halogens is 2. The summed E-state index contributed by atoms with van der Waals surface area (Å²) >= 11 is 11.5. The lowest BCUT2D eigenvalue weighted by Gasteiger charge is -2.12. The van der Waals surface area contributed by atoms with E-state index in [4.69, 9.17) is 23.2 Å². The van der Waals surface area contributed by atoms with Gasteiger partial charge in [-0.2, -0.15) is 0 Å². The van der Waals surface area contributed by atoms with Gasteiger partial charge in [0.2, 0.25) is 0 Å². The Morgan fingerprint density at radius 3 is 2.71 bits per heavy atom. The molecule has 17 heavy (non-hydrogen) atoms. The van der Waals surface area contributed by atoms with Crippen molar-refractivity contribution in [1.29, 1.82) is 0 Å². The fraction of sp³-hybridized carbons (Fsp3) is 0.444. The molecular weight excluding hydrogens is 265 g/mol.